The standard InChI is InChI=1S/C21H29N7O2/c1-5-17-9-20(29)28-19(23-17)10-18(25-28)16-7-6-8-26(12-16)21(30)13(2)11-27-15(4)22-14(3)24-27/h9-10,13,16,25H,5-8,11-12H2,1-4H3. The van der Waals surface area contributed by atoms with Gasteiger partial charge >= 0.3 is 0 Å². The molecule has 4 heterocycles. The molecule has 0 aliphatic carbocycles. The molecule has 3 aromatic rings. The maximum Gasteiger partial charge on any atom is 0.272 e. The Labute approximate surface area is 175 Å². The minimum absolute atomic E-state index is 0.0982. The fraction of sp³-hybridized carbons (Fsp3) is 0.571. The van der Waals surface area contributed by atoms with Crippen LogP contribution in [0.3, 0.4) is 0 Å². The lowest BCUT2D eigenvalue weighted by atomic mass is 9.94. The third-order valence-corrected chi connectivity index (χ3v) is 5.89. The van der Waals surface area contributed by atoms with E-state index >= 15 is 0 Å². The first-order chi connectivity index (χ1) is 14.4. The first kappa shape index (κ1) is 20.3. The van der Waals surface area contributed by atoms with Crippen LogP contribution in [-0.2, 0) is 17.8 Å². The second kappa shape index (κ2) is 8.04. The lowest BCUT2D eigenvalue weighted by molar-refractivity contribution is -0.136. The molecule has 9 heteroatoms. The van der Waals surface area contributed by atoms with Crippen molar-refractivity contribution in [2.45, 2.75) is 59.4 Å². The van der Waals surface area contributed by atoms with Gasteiger partial charge in [0.2, 0.25) is 5.91 Å². The number of carbonyl (C=O) groups is 1. The molecule has 0 radical (unpaired) electrons. The number of aromatic nitrogens is 6. The Bertz CT molecular complexity index is 1130. The Morgan fingerprint density at radius 1 is 1.30 bits per heavy atom. The minimum Gasteiger partial charge on any atom is -0.342 e. The highest BCUT2D eigenvalue weighted by Gasteiger charge is 2.29. The van der Waals surface area contributed by atoms with Crippen molar-refractivity contribution in [2.75, 3.05) is 13.1 Å². The van der Waals surface area contributed by atoms with Gasteiger partial charge in [0.05, 0.1) is 12.5 Å². The van der Waals surface area contributed by atoms with E-state index in [2.05, 4.69) is 20.2 Å². The number of hydrogen-bond donors (Lipinski definition) is 1. The molecule has 1 saturated heterocycles. The van der Waals surface area contributed by atoms with Crippen LogP contribution in [0.25, 0.3) is 5.65 Å². The van der Waals surface area contributed by atoms with Crippen LogP contribution in [0.5, 0.6) is 0 Å². The van der Waals surface area contributed by atoms with Gasteiger partial charge in [-0.25, -0.2) is 19.2 Å². The van der Waals surface area contributed by atoms with Gasteiger partial charge in [-0.1, -0.05) is 13.8 Å². The zero-order chi connectivity index (χ0) is 21.4. The van der Waals surface area contributed by atoms with Gasteiger partial charge in [0.25, 0.3) is 5.56 Å². The van der Waals surface area contributed by atoms with Gasteiger partial charge < -0.3 is 4.90 Å². The van der Waals surface area contributed by atoms with E-state index in [1.165, 1.54) is 4.52 Å². The van der Waals surface area contributed by atoms with Crippen LogP contribution < -0.4 is 5.56 Å². The molecule has 1 aliphatic heterocycles. The highest BCUT2D eigenvalue weighted by Crippen LogP contribution is 2.27. The number of H-pyrrole nitrogens is 1. The van der Waals surface area contributed by atoms with Crippen LogP contribution in [-0.4, -0.2) is 53.3 Å². The van der Waals surface area contributed by atoms with E-state index in [9.17, 15) is 9.59 Å². The van der Waals surface area contributed by atoms with E-state index < -0.39 is 0 Å². The maximum atomic E-state index is 13.1. The predicted octanol–water partition coefficient (Wildman–Crippen LogP) is 1.84. The van der Waals surface area contributed by atoms with Gasteiger partial charge in [-0.2, -0.15) is 5.10 Å². The quantitative estimate of drug-likeness (QED) is 0.690. The van der Waals surface area contributed by atoms with Crippen LogP contribution in [0.15, 0.2) is 16.9 Å². The van der Waals surface area contributed by atoms with Crippen LogP contribution in [0.2, 0.25) is 0 Å². The molecule has 1 aliphatic rings. The van der Waals surface area contributed by atoms with Gasteiger partial charge in [-0.15, -0.1) is 0 Å². The predicted molar refractivity (Wildman–Crippen MR) is 112 cm³/mol. The molecule has 1 N–H and O–H groups in total. The summed E-state index contributed by atoms with van der Waals surface area (Å²) in [6, 6.07) is 3.52. The molecule has 160 valence electrons. The smallest absolute Gasteiger partial charge is 0.272 e. The molecular weight excluding hydrogens is 382 g/mol. The number of likely N-dealkylation sites (tertiary alicyclic amines) is 1. The zero-order valence-corrected chi connectivity index (χ0v) is 18.1. The summed E-state index contributed by atoms with van der Waals surface area (Å²) in [6.45, 7) is 9.62. The fourth-order valence-corrected chi connectivity index (χ4v) is 4.26. The van der Waals surface area contributed by atoms with Gasteiger partial charge in [0.1, 0.15) is 11.6 Å². The summed E-state index contributed by atoms with van der Waals surface area (Å²) in [5.74, 6) is 1.66. The fourth-order valence-electron chi connectivity index (χ4n) is 4.26. The van der Waals surface area contributed by atoms with E-state index in [1.54, 1.807) is 10.7 Å². The third-order valence-electron chi connectivity index (χ3n) is 5.89. The number of nitrogens with zero attached hydrogens (tertiary/aromatic N) is 6. The molecule has 0 saturated carbocycles. The van der Waals surface area contributed by atoms with Crippen molar-refractivity contribution >= 4 is 11.6 Å². The Morgan fingerprint density at radius 2 is 2.10 bits per heavy atom. The van der Waals surface area contributed by atoms with E-state index in [1.807, 2.05) is 38.7 Å². The average Bonchev–Trinajstić information content (AvgIpc) is 3.30. The topological polar surface area (TPSA) is 101 Å². The number of fused-ring (bicyclic) bond motifs is 1. The van der Waals surface area contributed by atoms with Crippen molar-refractivity contribution < 1.29 is 4.79 Å². The van der Waals surface area contributed by atoms with Gasteiger partial charge in [0, 0.05) is 42.5 Å². The Morgan fingerprint density at radius 3 is 2.80 bits per heavy atom. The molecule has 1 amide bonds. The number of nitrogens with one attached hydrogen (secondary N) is 1. The Balaban J connectivity index is 1.49. The lowest BCUT2D eigenvalue weighted by Crippen LogP contribution is -2.42. The normalized spacial score (nSPS) is 18.1. The molecule has 2 atom stereocenters. The first-order valence-electron chi connectivity index (χ1n) is 10.6. The molecular formula is C21H29N7O2. The molecule has 0 spiro atoms. The van der Waals surface area contributed by atoms with Crippen LogP contribution in [0, 0.1) is 19.8 Å². The van der Waals surface area contributed by atoms with Crippen LogP contribution in [0.4, 0.5) is 0 Å². The number of piperidine rings is 1. The number of aromatic amines is 1. The van der Waals surface area contributed by atoms with Crippen LogP contribution in [0.1, 0.15) is 55.6 Å². The Kier molecular flexibility index (Phi) is 5.44. The van der Waals surface area contributed by atoms with Gasteiger partial charge in [-0.05, 0) is 33.1 Å². The molecule has 4 rings (SSSR count). The molecule has 9 nitrogen and oxygen atoms in total. The molecule has 30 heavy (non-hydrogen) atoms. The first-order valence-corrected chi connectivity index (χ1v) is 10.6. The number of hydrogen-bond acceptors (Lipinski definition) is 5. The van der Waals surface area contributed by atoms with E-state index in [0.717, 1.165) is 48.8 Å². The maximum absolute atomic E-state index is 13.1. The molecule has 0 aromatic carbocycles. The number of amides is 1. The van der Waals surface area contributed by atoms with Crippen molar-refractivity contribution in [2.24, 2.45) is 5.92 Å². The monoisotopic (exact) mass is 411 g/mol. The average molecular weight is 412 g/mol. The Hall–Kier alpha value is -2.97. The number of carbonyl (C=O) groups excluding carboxylic acids is 1. The molecule has 2 unspecified atom stereocenters. The molecule has 3 aromatic heterocycles. The van der Waals surface area contributed by atoms with Crippen molar-refractivity contribution in [3.8, 4) is 0 Å². The summed E-state index contributed by atoms with van der Waals surface area (Å²) in [7, 11) is 0. The van der Waals surface area contributed by atoms with Crippen molar-refractivity contribution in [3.05, 3.63) is 45.5 Å². The second-order valence-electron chi connectivity index (χ2n) is 8.26. The number of rotatable bonds is 5. The van der Waals surface area contributed by atoms with E-state index in [-0.39, 0.29) is 23.3 Å². The summed E-state index contributed by atoms with van der Waals surface area (Å²) in [4.78, 5) is 36.2. The summed E-state index contributed by atoms with van der Waals surface area (Å²) < 4.78 is 3.30. The lowest BCUT2D eigenvalue weighted by Gasteiger charge is -2.34. The van der Waals surface area contributed by atoms with E-state index in [0.29, 0.717) is 18.7 Å². The van der Waals surface area contributed by atoms with Gasteiger partial charge in [-0.3, -0.25) is 14.7 Å². The van der Waals surface area contributed by atoms with E-state index in [4.69, 9.17) is 0 Å². The van der Waals surface area contributed by atoms with Crippen molar-refractivity contribution in [3.63, 3.8) is 0 Å². The number of aryl methyl sites for hydroxylation is 3. The summed E-state index contributed by atoms with van der Waals surface area (Å²) in [5.41, 5.74) is 2.29. The zero-order valence-electron chi connectivity index (χ0n) is 18.1. The largest absolute Gasteiger partial charge is 0.342 e. The summed E-state index contributed by atoms with van der Waals surface area (Å²) >= 11 is 0. The highest BCUT2D eigenvalue weighted by molar-refractivity contribution is 5.78. The summed E-state index contributed by atoms with van der Waals surface area (Å²) in [5, 5.41) is 7.58. The second-order valence-corrected chi connectivity index (χ2v) is 8.26. The third kappa shape index (κ3) is 3.88. The highest BCUT2D eigenvalue weighted by atomic mass is 16.2. The van der Waals surface area contributed by atoms with Crippen molar-refractivity contribution in [1.29, 1.82) is 0 Å². The van der Waals surface area contributed by atoms with Crippen molar-refractivity contribution in [1.82, 2.24) is 34.3 Å². The molecule has 0 bridgehead atoms. The van der Waals surface area contributed by atoms with Crippen LogP contribution >= 0.6 is 0 Å². The van der Waals surface area contributed by atoms with Gasteiger partial charge in [0.15, 0.2) is 5.65 Å². The SMILES string of the molecule is CCc1cc(=O)n2[nH]c(C3CCCN(C(=O)C(C)Cn4nc(C)nc4C)C3)cc2n1. The molecule has 1 fully saturated rings. The minimum atomic E-state index is -0.178. The summed E-state index contributed by atoms with van der Waals surface area (Å²) in [6.07, 6.45) is 2.63.